The highest BCUT2D eigenvalue weighted by molar-refractivity contribution is 5.95. The van der Waals surface area contributed by atoms with Crippen LogP contribution in [0.3, 0.4) is 0 Å². The highest BCUT2D eigenvalue weighted by atomic mass is 16.5. The largest absolute Gasteiger partial charge is 0.466 e. The number of nitrogens with one attached hydrogen (secondary N) is 2. The zero-order valence-electron chi connectivity index (χ0n) is 7.13. The predicted molar refractivity (Wildman–Crippen MR) is 47.9 cm³/mol. The van der Waals surface area contributed by atoms with Crippen LogP contribution in [0, 0.1) is 0 Å². The molecule has 0 bridgehead atoms. The maximum absolute atomic E-state index is 10.9. The Balaban J connectivity index is 2.38. The van der Waals surface area contributed by atoms with Crippen LogP contribution < -0.4 is 15.4 Å². The molecule has 0 saturated carbocycles. The van der Waals surface area contributed by atoms with Crippen LogP contribution in [-0.2, 0) is 4.79 Å². The lowest BCUT2D eigenvalue weighted by Gasteiger charge is -2.16. The Morgan fingerprint density at radius 3 is 3.31 bits per heavy atom. The number of anilines is 2. The molecule has 2 rings (SSSR count). The molecule has 68 valence electrons. The van der Waals surface area contributed by atoms with Crippen LogP contribution in [0.5, 0.6) is 5.88 Å². The van der Waals surface area contributed by atoms with Crippen molar-refractivity contribution < 1.29 is 9.53 Å². The molecule has 0 spiro atoms. The lowest BCUT2D eigenvalue weighted by atomic mass is 10.3. The molecule has 2 heterocycles. The highest BCUT2D eigenvalue weighted by Crippen LogP contribution is 2.26. The molecule has 13 heavy (non-hydrogen) atoms. The Hall–Kier alpha value is -1.78. The van der Waals surface area contributed by atoms with Crippen molar-refractivity contribution >= 4 is 17.3 Å². The summed E-state index contributed by atoms with van der Waals surface area (Å²) in [4.78, 5) is 15.0. The van der Waals surface area contributed by atoms with Crippen molar-refractivity contribution in [3.05, 3.63) is 12.3 Å². The fourth-order valence-electron chi connectivity index (χ4n) is 1.11. The molecule has 5 nitrogen and oxygen atoms in total. The van der Waals surface area contributed by atoms with Gasteiger partial charge in [-0.25, -0.2) is 4.98 Å². The summed E-state index contributed by atoms with van der Waals surface area (Å²) in [6.07, 6.45) is 1.65. The number of aromatic nitrogens is 1. The van der Waals surface area contributed by atoms with Gasteiger partial charge in [-0.2, -0.15) is 0 Å². The summed E-state index contributed by atoms with van der Waals surface area (Å²) in [5.74, 6) is 0.321. The maximum Gasteiger partial charge on any atom is 0.262 e. The van der Waals surface area contributed by atoms with Crippen molar-refractivity contribution in [1.82, 2.24) is 4.98 Å². The second kappa shape index (κ2) is 2.93. The minimum atomic E-state index is -0.150. The van der Waals surface area contributed by atoms with Crippen LogP contribution in [0.25, 0.3) is 0 Å². The number of hydrogen-bond acceptors (Lipinski definition) is 4. The molecule has 0 atom stereocenters. The third kappa shape index (κ3) is 1.40. The third-order valence-corrected chi connectivity index (χ3v) is 1.75. The Labute approximate surface area is 75.1 Å². The first-order valence-corrected chi connectivity index (χ1v) is 3.90. The lowest BCUT2D eigenvalue weighted by Crippen LogP contribution is -2.25. The van der Waals surface area contributed by atoms with E-state index in [1.807, 2.05) is 0 Å². The van der Waals surface area contributed by atoms with Crippen molar-refractivity contribution in [3.63, 3.8) is 0 Å². The average molecular weight is 179 g/mol. The summed E-state index contributed by atoms with van der Waals surface area (Å²) in [6.45, 7) is 0.0406. The summed E-state index contributed by atoms with van der Waals surface area (Å²) < 4.78 is 5.08. The molecule has 1 aromatic rings. The zero-order valence-corrected chi connectivity index (χ0v) is 7.13. The van der Waals surface area contributed by atoms with Gasteiger partial charge < -0.3 is 15.4 Å². The highest BCUT2D eigenvalue weighted by Gasteiger charge is 2.16. The molecular formula is C8H9N3O2. The van der Waals surface area contributed by atoms with E-state index in [0.717, 1.165) is 5.69 Å². The molecule has 0 fully saturated rings. The van der Waals surface area contributed by atoms with Gasteiger partial charge in [-0.3, -0.25) is 4.79 Å². The number of nitrogens with zero attached hydrogens (tertiary/aromatic N) is 1. The number of hydrogen-bond donors (Lipinski definition) is 2. The maximum atomic E-state index is 10.9. The zero-order chi connectivity index (χ0) is 9.26. The van der Waals surface area contributed by atoms with E-state index in [9.17, 15) is 4.79 Å². The summed E-state index contributed by atoms with van der Waals surface area (Å²) in [7, 11) is 1.79. The van der Waals surface area contributed by atoms with E-state index in [-0.39, 0.29) is 12.5 Å². The molecule has 2 N–H and O–H groups in total. The molecule has 0 aromatic carbocycles. The van der Waals surface area contributed by atoms with E-state index in [1.54, 1.807) is 19.3 Å². The van der Waals surface area contributed by atoms with Crippen molar-refractivity contribution in [2.45, 2.75) is 0 Å². The van der Waals surface area contributed by atoms with Gasteiger partial charge in [-0.15, -0.1) is 0 Å². The quantitative estimate of drug-likeness (QED) is 0.657. The molecule has 1 aromatic heterocycles. The molecule has 0 saturated heterocycles. The van der Waals surface area contributed by atoms with Gasteiger partial charge in [0.2, 0.25) is 5.88 Å². The summed E-state index contributed by atoms with van der Waals surface area (Å²) >= 11 is 0. The number of pyridine rings is 1. The molecule has 0 unspecified atom stereocenters. The molecule has 0 radical (unpaired) electrons. The predicted octanol–water partition coefficient (Wildman–Crippen LogP) is 0.454. The van der Waals surface area contributed by atoms with E-state index in [2.05, 4.69) is 15.6 Å². The molecule has 0 aliphatic carbocycles. The van der Waals surface area contributed by atoms with Crippen LogP contribution in [-0.4, -0.2) is 24.5 Å². The van der Waals surface area contributed by atoms with Crippen LogP contribution in [0.1, 0.15) is 0 Å². The summed E-state index contributed by atoms with van der Waals surface area (Å²) in [5.41, 5.74) is 1.45. The fraction of sp³-hybridized carbons (Fsp3) is 0.250. The minimum Gasteiger partial charge on any atom is -0.466 e. The van der Waals surface area contributed by atoms with Gasteiger partial charge in [0.05, 0.1) is 11.9 Å². The van der Waals surface area contributed by atoms with Gasteiger partial charge in [0, 0.05) is 7.05 Å². The van der Waals surface area contributed by atoms with Gasteiger partial charge in [-0.1, -0.05) is 0 Å². The smallest absolute Gasteiger partial charge is 0.262 e. The molecule has 1 aliphatic heterocycles. The van der Waals surface area contributed by atoms with E-state index in [1.165, 1.54) is 0 Å². The summed E-state index contributed by atoms with van der Waals surface area (Å²) in [6, 6.07) is 1.78. The first kappa shape index (κ1) is 7.85. The van der Waals surface area contributed by atoms with Crippen LogP contribution in [0.15, 0.2) is 12.3 Å². The number of fused-ring (bicyclic) bond motifs is 1. The Bertz CT molecular complexity index is 351. The third-order valence-electron chi connectivity index (χ3n) is 1.75. The minimum absolute atomic E-state index is 0.0406. The van der Waals surface area contributed by atoms with Crippen LogP contribution in [0.4, 0.5) is 11.4 Å². The van der Waals surface area contributed by atoms with E-state index >= 15 is 0 Å². The van der Waals surface area contributed by atoms with Crippen molar-refractivity contribution in [2.75, 3.05) is 24.3 Å². The second-order valence-corrected chi connectivity index (χ2v) is 2.66. The molecule has 5 heteroatoms. The number of rotatable bonds is 1. The van der Waals surface area contributed by atoms with Crippen molar-refractivity contribution in [2.24, 2.45) is 0 Å². The second-order valence-electron chi connectivity index (χ2n) is 2.66. The SMILES string of the molecule is CNc1cnc2c(c1)NC(=O)CO2. The first-order valence-electron chi connectivity index (χ1n) is 3.90. The Morgan fingerprint density at radius 2 is 2.54 bits per heavy atom. The van der Waals surface area contributed by atoms with Crippen LogP contribution >= 0.6 is 0 Å². The number of carbonyl (C=O) groups is 1. The lowest BCUT2D eigenvalue weighted by molar-refractivity contribution is -0.118. The summed E-state index contributed by atoms with van der Waals surface area (Å²) in [5, 5.41) is 5.59. The average Bonchev–Trinajstić information content (AvgIpc) is 2.16. The van der Waals surface area contributed by atoms with Gasteiger partial charge in [0.25, 0.3) is 5.91 Å². The monoisotopic (exact) mass is 179 g/mol. The Kier molecular flexibility index (Phi) is 1.77. The van der Waals surface area contributed by atoms with E-state index < -0.39 is 0 Å². The van der Waals surface area contributed by atoms with Gasteiger partial charge in [0.15, 0.2) is 6.61 Å². The fourth-order valence-corrected chi connectivity index (χ4v) is 1.11. The van der Waals surface area contributed by atoms with Gasteiger partial charge >= 0.3 is 0 Å². The molecule has 1 amide bonds. The first-order chi connectivity index (χ1) is 6.29. The van der Waals surface area contributed by atoms with Gasteiger partial charge in [-0.05, 0) is 6.07 Å². The molecular weight excluding hydrogens is 170 g/mol. The normalized spacial score (nSPS) is 14.1. The van der Waals surface area contributed by atoms with Crippen molar-refractivity contribution in [3.8, 4) is 5.88 Å². The standard InChI is InChI=1S/C8H9N3O2/c1-9-5-2-6-8(10-3-5)13-4-7(12)11-6/h2-3,9H,4H2,1H3,(H,11,12). The Morgan fingerprint density at radius 1 is 1.69 bits per heavy atom. The van der Waals surface area contributed by atoms with Gasteiger partial charge in [0.1, 0.15) is 5.69 Å². The van der Waals surface area contributed by atoms with E-state index in [4.69, 9.17) is 4.74 Å². The van der Waals surface area contributed by atoms with Crippen LogP contribution in [0.2, 0.25) is 0 Å². The number of amides is 1. The topological polar surface area (TPSA) is 63.2 Å². The van der Waals surface area contributed by atoms with Crippen molar-refractivity contribution in [1.29, 1.82) is 0 Å². The molecule has 1 aliphatic rings. The number of ether oxygens (including phenoxy) is 1. The van der Waals surface area contributed by atoms with E-state index in [0.29, 0.717) is 11.6 Å². The number of carbonyl (C=O) groups excluding carboxylic acids is 1.